The zero-order valence-electron chi connectivity index (χ0n) is 25.9. The third-order valence-corrected chi connectivity index (χ3v) is 6.71. The lowest BCUT2D eigenvalue weighted by molar-refractivity contribution is -0.165. The van der Waals surface area contributed by atoms with Gasteiger partial charge in [0.25, 0.3) is 0 Å². The second kappa shape index (κ2) is 15.7. The SMILES string of the molecule is C=C(OCCN(C(C)C)C(C)C)C(C)(C)CC(C)(CC(C)(C)C(=O)OCCOC)C(=O)OCCN(C)C. The van der Waals surface area contributed by atoms with Gasteiger partial charge in [-0.1, -0.05) is 20.4 Å². The maximum atomic E-state index is 13.5. The first-order chi connectivity index (χ1) is 16.9. The molecule has 0 bridgehead atoms. The monoisotopic (exact) mass is 528 g/mol. The topological polar surface area (TPSA) is 77.5 Å². The normalized spacial score (nSPS) is 14.3. The first-order valence-electron chi connectivity index (χ1n) is 13.5. The smallest absolute Gasteiger partial charge is 0.311 e. The summed E-state index contributed by atoms with van der Waals surface area (Å²) in [6.07, 6.45) is 0.671. The summed E-state index contributed by atoms with van der Waals surface area (Å²) in [7, 11) is 5.41. The number of esters is 2. The average molecular weight is 529 g/mol. The standard InChI is InChI=1S/C29H56N2O6/c1-22(2)31(23(3)4)15-17-35-24(5)27(6,7)20-29(10,26(33)36-16-14-30(11)12)21-28(8,9)25(32)37-19-18-34-13/h22-23H,5,14-21H2,1-4,6-13H3. The molecule has 1 atom stereocenters. The van der Waals surface area contributed by atoms with Gasteiger partial charge in [-0.3, -0.25) is 14.5 Å². The third kappa shape index (κ3) is 12.6. The molecular weight excluding hydrogens is 472 g/mol. The Morgan fingerprint density at radius 3 is 1.70 bits per heavy atom. The summed E-state index contributed by atoms with van der Waals surface area (Å²) < 4.78 is 22.2. The molecule has 0 saturated carbocycles. The van der Waals surface area contributed by atoms with Gasteiger partial charge in [0.1, 0.15) is 19.8 Å². The molecule has 0 saturated heterocycles. The molecule has 8 nitrogen and oxygen atoms in total. The predicted octanol–water partition coefficient (Wildman–Crippen LogP) is 4.77. The Bertz CT molecular complexity index is 709. The zero-order chi connectivity index (χ0) is 29.0. The quantitative estimate of drug-likeness (QED) is 0.135. The fourth-order valence-electron chi connectivity index (χ4n) is 4.82. The average Bonchev–Trinajstić information content (AvgIpc) is 2.74. The Hall–Kier alpha value is -1.64. The number of nitrogens with zero attached hydrogens (tertiary/aromatic N) is 2. The van der Waals surface area contributed by atoms with E-state index in [-0.39, 0.29) is 31.6 Å². The minimum absolute atomic E-state index is 0.169. The predicted molar refractivity (Wildman–Crippen MR) is 149 cm³/mol. The van der Waals surface area contributed by atoms with Crippen LogP contribution in [0.15, 0.2) is 12.3 Å². The van der Waals surface area contributed by atoms with Crippen molar-refractivity contribution < 1.29 is 28.5 Å². The number of allylic oxidation sites excluding steroid dienone is 1. The molecule has 0 aromatic carbocycles. The Morgan fingerprint density at radius 1 is 0.730 bits per heavy atom. The maximum Gasteiger partial charge on any atom is 0.311 e. The van der Waals surface area contributed by atoms with Crippen molar-refractivity contribution in [3.8, 4) is 0 Å². The van der Waals surface area contributed by atoms with Gasteiger partial charge in [0.15, 0.2) is 0 Å². The highest BCUT2D eigenvalue weighted by Crippen LogP contribution is 2.46. The molecule has 0 aromatic rings. The van der Waals surface area contributed by atoms with Crippen molar-refractivity contribution in [1.82, 2.24) is 9.80 Å². The molecule has 0 aromatic heterocycles. The lowest BCUT2D eigenvalue weighted by Gasteiger charge is -2.40. The molecule has 0 heterocycles. The van der Waals surface area contributed by atoms with Crippen molar-refractivity contribution in [2.75, 3.05) is 60.7 Å². The lowest BCUT2D eigenvalue weighted by Crippen LogP contribution is -2.43. The van der Waals surface area contributed by atoms with Crippen LogP contribution in [0.5, 0.6) is 0 Å². The summed E-state index contributed by atoms with van der Waals surface area (Å²) in [5.41, 5.74) is -2.41. The summed E-state index contributed by atoms with van der Waals surface area (Å²) in [6, 6.07) is 0.826. The van der Waals surface area contributed by atoms with Gasteiger partial charge in [-0.05, 0) is 75.4 Å². The first-order valence-corrected chi connectivity index (χ1v) is 13.5. The van der Waals surface area contributed by atoms with Gasteiger partial charge in [-0.15, -0.1) is 0 Å². The van der Waals surface area contributed by atoms with Crippen LogP contribution >= 0.6 is 0 Å². The van der Waals surface area contributed by atoms with E-state index in [0.29, 0.717) is 44.0 Å². The summed E-state index contributed by atoms with van der Waals surface area (Å²) >= 11 is 0. The van der Waals surface area contributed by atoms with Gasteiger partial charge < -0.3 is 23.8 Å². The van der Waals surface area contributed by atoms with Crippen LogP contribution in [0.4, 0.5) is 0 Å². The number of likely N-dealkylation sites (N-methyl/N-ethyl adjacent to an activating group) is 1. The molecule has 0 aliphatic rings. The maximum absolute atomic E-state index is 13.5. The Kier molecular flexibility index (Phi) is 15.0. The van der Waals surface area contributed by atoms with Gasteiger partial charge in [0, 0.05) is 37.7 Å². The minimum atomic E-state index is -0.964. The van der Waals surface area contributed by atoms with E-state index in [1.165, 1.54) is 0 Å². The second-order valence-electron chi connectivity index (χ2n) is 12.4. The molecule has 0 N–H and O–H groups in total. The first kappa shape index (κ1) is 35.4. The van der Waals surface area contributed by atoms with Gasteiger partial charge in [0.05, 0.1) is 23.2 Å². The van der Waals surface area contributed by atoms with Crippen molar-refractivity contribution >= 4 is 11.9 Å². The molecule has 0 amide bonds. The molecule has 0 fully saturated rings. The number of carbonyl (C=O) groups is 2. The molecule has 0 aliphatic heterocycles. The van der Waals surface area contributed by atoms with Crippen LogP contribution in [-0.2, 0) is 28.5 Å². The third-order valence-electron chi connectivity index (χ3n) is 6.71. The van der Waals surface area contributed by atoms with E-state index in [0.717, 1.165) is 6.54 Å². The van der Waals surface area contributed by atoms with E-state index < -0.39 is 16.2 Å². The number of ether oxygens (including phenoxy) is 4. The highest BCUT2D eigenvalue weighted by atomic mass is 16.6. The fraction of sp³-hybridized carbons (Fsp3) is 0.862. The molecule has 0 radical (unpaired) electrons. The molecule has 0 aliphatic carbocycles. The van der Waals surface area contributed by atoms with Gasteiger partial charge in [0.2, 0.25) is 0 Å². The van der Waals surface area contributed by atoms with Crippen molar-refractivity contribution in [1.29, 1.82) is 0 Å². The van der Waals surface area contributed by atoms with Gasteiger partial charge in [-0.2, -0.15) is 0 Å². The van der Waals surface area contributed by atoms with E-state index in [1.54, 1.807) is 21.0 Å². The van der Waals surface area contributed by atoms with Crippen LogP contribution in [0.3, 0.4) is 0 Å². The molecular formula is C29H56N2O6. The molecule has 0 rings (SSSR count). The van der Waals surface area contributed by atoms with Crippen molar-refractivity contribution in [2.24, 2.45) is 16.2 Å². The number of carbonyl (C=O) groups excluding carboxylic acids is 2. The lowest BCUT2D eigenvalue weighted by atomic mass is 9.66. The molecule has 218 valence electrons. The van der Waals surface area contributed by atoms with Gasteiger partial charge in [-0.25, -0.2) is 0 Å². The number of hydrogen-bond donors (Lipinski definition) is 0. The van der Waals surface area contributed by atoms with Crippen molar-refractivity contribution in [2.45, 2.75) is 87.2 Å². The highest BCUT2D eigenvalue weighted by molar-refractivity contribution is 5.80. The number of rotatable bonds is 19. The Balaban J connectivity index is 5.66. The van der Waals surface area contributed by atoms with E-state index in [4.69, 9.17) is 18.9 Å². The Morgan fingerprint density at radius 2 is 1.22 bits per heavy atom. The fourth-order valence-corrected chi connectivity index (χ4v) is 4.82. The van der Waals surface area contributed by atoms with Crippen molar-refractivity contribution in [3.05, 3.63) is 12.3 Å². The number of methoxy groups -OCH3 is 1. The van der Waals surface area contributed by atoms with E-state index >= 15 is 0 Å². The Labute approximate surface area is 227 Å². The molecule has 1 unspecified atom stereocenters. The van der Waals surface area contributed by atoms with Crippen LogP contribution in [0, 0.1) is 16.2 Å². The zero-order valence-corrected chi connectivity index (χ0v) is 25.9. The van der Waals surface area contributed by atoms with Crippen LogP contribution in [0.2, 0.25) is 0 Å². The molecule has 0 spiro atoms. The largest absolute Gasteiger partial charge is 0.497 e. The summed E-state index contributed by atoms with van der Waals surface area (Å²) in [5.74, 6) is -0.0845. The van der Waals surface area contributed by atoms with Crippen molar-refractivity contribution in [3.63, 3.8) is 0 Å². The van der Waals surface area contributed by atoms with Crippen LogP contribution in [0.25, 0.3) is 0 Å². The van der Waals surface area contributed by atoms with Crippen LogP contribution in [-0.4, -0.2) is 94.5 Å². The van der Waals surface area contributed by atoms with Crippen LogP contribution < -0.4 is 0 Å². The van der Waals surface area contributed by atoms with E-state index in [1.807, 2.05) is 39.8 Å². The molecule has 8 heteroatoms. The van der Waals surface area contributed by atoms with E-state index in [9.17, 15) is 9.59 Å². The summed E-state index contributed by atoms with van der Waals surface area (Å²) in [6.45, 7) is 25.1. The van der Waals surface area contributed by atoms with Gasteiger partial charge >= 0.3 is 11.9 Å². The van der Waals surface area contributed by atoms with Crippen LogP contribution in [0.1, 0.15) is 75.2 Å². The second-order valence-corrected chi connectivity index (χ2v) is 12.4. The summed E-state index contributed by atoms with van der Waals surface area (Å²) in [4.78, 5) is 30.7. The number of hydrogen-bond acceptors (Lipinski definition) is 8. The molecule has 37 heavy (non-hydrogen) atoms. The minimum Gasteiger partial charge on any atom is -0.497 e. The highest BCUT2D eigenvalue weighted by Gasteiger charge is 2.47. The van der Waals surface area contributed by atoms with E-state index in [2.05, 4.69) is 39.2 Å². The summed E-state index contributed by atoms with van der Waals surface area (Å²) in [5, 5.41) is 0.